The fraction of sp³-hybridized carbons (Fsp3) is 0.933. The smallest absolute Gasteiger partial charge is 0.226 e. The van der Waals surface area contributed by atoms with Crippen LogP contribution in [0.2, 0.25) is 0 Å². The molecule has 4 nitrogen and oxygen atoms in total. The number of carbonyl (C=O) groups excluding carboxylic acids is 1. The van der Waals surface area contributed by atoms with Crippen LogP contribution in [0.1, 0.15) is 46.5 Å². The van der Waals surface area contributed by atoms with Gasteiger partial charge in [0.25, 0.3) is 0 Å². The summed E-state index contributed by atoms with van der Waals surface area (Å²) in [6, 6.07) is 0.284. The van der Waals surface area contributed by atoms with E-state index in [0.29, 0.717) is 19.1 Å². The molecule has 0 aromatic rings. The van der Waals surface area contributed by atoms with Gasteiger partial charge in [-0.15, -0.1) is 0 Å². The molecule has 2 aliphatic rings. The van der Waals surface area contributed by atoms with E-state index in [-0.39, 0.29) is 23.4 Å². The van der Waals surface area contributed by atoms with Crippen LogP contribution in [0.4, 0.5) is 0 Å². The van der Waals surface area contributed by atoms with E-state index in [2.05, 4.69) is 20.8 Å². The lowest BCUT2D eigenvalue weighted by Gasteiger charge is -2.44. The Balaban J connectivity index is 2.01. The maximum Gasteiger partial charge on any atom is 0.226 e. The summed E-state index contributed by atoms with van der Waals surface area (Å²) in [5.74, 6) is 0.825. The Labute approximate surface area is 116 Å². The summed E-state index contributed by atoms with van der Waals surface area (Å²) in [6.45, 7) is 8.26. The largest absolute Gasteiger partial charge is 0.377 e. The van der Waals surface area contributed by atoms with E-state index in [0.717, 1.165) is 32.2 Å². The van der Waals surface area contributed by atoms with Crippen LogP contribution in [-0.2, 0) is 9.53 Å². The van der Waals surface area contributed by atoms with E-state index in [1.54, 1.807) is 0 Å². The van der Waals surface area contributed by atoms with Gasteiger partial charge in [0.15, 0.2) is 0 Å². The third-order valence-electron chi connectivity index (χ3n) is 4.76. The highest BCUT2D eigenvalue weighted by atomic mass is 16.5. The van der Waals surface area contributed by atoms with Crippen LogP contribution in [0.3, 0.4) is 0 Å². The Morgan fingerprint density at radius 2 is 2.16 bits per heavy atom. The minimum absolute atomic E-state index is 0.0868. The Bertz CT molecular complexity index is 330. The molecule has 2 rings (SSSR count). The standard InChI is InChI=1S/C15H28N2O2/c1-11(12-5-4-6-13(16)9-12)14(18)17-7-8-19-10-15(17,2)3/h11-13H,4-10,16H2,1-3H3. The molecule has 0 aromatic carbocycles. The Hall–Kier alpha value is -0.610. The van der Waals surface area contributed by atoms with Gasteiger partial charge in [-0.1, -0.05) is 13.3 Å². The molecule has 1 saturated heterocycles. The normalized spacial score (nSPS) is 32.9. The number of morpholine rings is 1. The molecular formula is C15H28N2O2. The van der Waals surface area contributed by atoms with E-state index >= 15 is 0 Å². The Morgan fingerprint density at radius 1 is 1.42 bits per heavy atom. The zero-order valence-electron chi connectivity index (χ0n) is 12.5. The summed E-state index contributed by atoms with van der Waals surface area (Å²) in [6.07, 6.45) is 4.42. The maximum absolute atomic E-state index is 12.7. The molecule has 1 heterocycles. The van der Waals surface area contributed by atoms with Gasteiger partial charge in [0, 0.05) is 18.5 Å². The van der Waals surface area contributed by atoms with Crippen molar-refractivity contribution in [2.45, 2.75) is 58.0 Å². The molecule has 1 amide bonds. The van der Waals surface area contributed by atoms with Crippen molar-refractivity contribution in [1.82, 2.24) is 4.90 Å². The number of hydrogen-bond donors (Lipinski definition) is 1. The van der Waals surface area contributed by atoms with Crippen LogP contribution in [0.25, 0.3) is 0 Å². The average Bonchev–Trinajstić information content (AvgIpc) is 2.36. The molecule has 0 spiro atoms. The predicted octanol–water partition coefficient (Wildman–Crippen LogP) is 1.78. The van der Waals surface area contributed by atoms with E-state index in [1.807, 2.05) is 4.90 Å². The molecule has 2 N–H and O–H groups in total. The first-order valence-electron chi connectivity index (χ1n) is 7.56. The number of hydrogen-bond acceptors (Lipinski definition) is 3. The number of rotatable bonds is 2. The second kappa shape index (κ2) is 5.80. The number of nitrogens with zero attached hydrogens (tertiary/aromatic N) is 1. The molecule has 1 aliphatic heterocycles. The van der Waals surface area contributed by atoms with Crippen LogP contribution in [0, 0.1) is 11.8 Å². The summed E-state index contributed by atoms with van der Waals surface area (Å²) >= 11 is 0. The summed E-state index contributed by atoms with van der Waals surface area (Å²) in [5.41, 5.74) is 5.87. The highest BCUT2D eigenvalue weighted by Crippen LogP contribution is 2.32. The first-order chi connectivity index (χ1) is 8.92. The van der Waals surface area contributed by atoms with Crippen molar-refractivity contribution in [2.24, 2.45) is 17.6 Å². The average molecular weight is 268 g/mol. The van der Waals surface area contributed by atoms with Gasteiger partial charge in [0.05, 0.1) is 18.8 Å². The second-order valence-corrected chi connectivity index (χ2v) is 6.83. The zero-order chi connectivity index (χ0) is 14.0. The van der Waals surface area contributed by atoms with Gasteiger partial charge in [0.1, 0.15) is 0 Å². The quantitative estimate of drug-likeness (QED) is 0.830. The Kier molecular flexibility index (Phi) is 4.51. The zero-order valence-corrected chi connectivity index (χ0v) is 12.5. The molecule has 1 aliphatic carbocycles. The molecule has 4 heteroatoms. The van der Waals surface area contributed by atoms with E-state index in [4.69, 9.17) is 10.5 Å². The molecule has 0 bridgehead atoms. The van der Waals surface area contributed by atoms with Gasteiger partial charge in [-0.25, -0.2) is 0 Å². The first-order valence-corrected chi connectivity index (χ1v) is 7.56. The molecular weight excluding hydrogens is 240 g/mol. The van der Waals surface area contributed by atoms with Crippen molar-refractivity contribution in [1.29, 1.82) is 0 Å². The summed E-state index contributed by atoms with van der Waals surface area (Å²) in [5, 5.41) is 0. The van der Waals surface area contributed by atoms with Gasteiger partial charge in [0.2, 0.25) is 5.91 Å². The summed E-state index contributed by atoms with van der Waals surface area (Å²) in [4.78, 5) is 14.8. The number of carbonyl (C=O) groups is 1. The minimum Gasteiger partial charge on any atom is -0.377 e. The van der Waals surface area contributed by atoms with Crippen LogP contribution in [0.5, 0.6) is 0 Å². The lowest BCUT2D eigenvalue weighted by molar-refractivity contribution is -0.152. The highest BCUT2D eigenvalue weighted by molar-refractivity contribution is 5.79. The molecule has 110 valence electrons. The van der Waals surface area contributed by atoms with Crippen molar-refractivity contribution in [3.05, 3.63) is 0 Å². The van der Waals surface area contributed by atoms with Crippen molar-refractivity contribution >= 4 is 5.91 Å². The molecule has 19 heavy (non-hydrogen) atoms. The molecule has 0 radical (unpaired) electrons. The van der Waals surface area contributed by atoms with Gasteiger partial charge in [-0.3, -0.25) is 4.79 Å². The molecule has 2 fully saturated rings. The van der Waals surface area contributed by atoms with Crippen molar-refractivity contribution in [3.8, 4) is 0 Å². The lowest BCUT2D eigenvalue weighted by atomic mass is 9.78. The molecule has 0 aromatic heterocycles. The van der Waals surface area contributed by atoms with Crippen LogP contribution in [0.15, 0.2) is 0 Å². The second-order valence-electron chi connectivity index (χ2n) is 6.83. The third-order valence-corrected chi connectivity index (χ3v) is 4.76. The fourth-order valence-corrected chi connectivity index (χ4v) is 3.44. The molecule has 1 saturated carbocycles. The number of ether oxygens (including phenoxy) is 1. The van der Waals surface area contributed by atoms with Gasteiger partial charge >= 0.3 is 0 Å². The van der Waals surface area contributed by atoms with Crippen LogP contribution >= 0.6 is 0 Å². The lowest BCUT2D eigenvalue weighted by Crippen LogP contribution is -2.57. The van der Waals surface area contributed by atoms with Crippen molar-refractivity contribution < 1.29 is 9.53 Å². The van der Waals surface area contributed by atoms with Crippen LogP contribution in [-0.4, -0.2) is 42.1 Å². The van der Waals surface area contributed by atoms with Crippen LogP contribution < -0.4 is 5.73 Å². The monoisotopic (exact) mass is 268 g/mol. The van der Waals surface area contributed by atoms with Gasteiger partial charge in [-0.05, 0) is 39.0 Å². The first kappa shape index (κ1) is 14.8. The predicted molar refractivity (Wildman–Crippen MR) is 75.7 cm³/mol. The third kappa shape index (κ3) is 3.29. The molecule has 3 atom stereocenters. The van der Waals surface area contributed by atoms with E-state index in [1.165, 1.54) is 0 Å². The number of nitrogens with two attached hydrogens (primary N) is 1. The van der Waals surface area contributed by atoms with Crippen molar-refractivity contribution in [2.75, 3.05) is 19.8 Å². The van der Waals surface area contributed by atoms with E-state index in [9.17, 15) is 4.79 Å². The maximum atomic E-state index is 12.7. The number of amides is 1. The molecule has 3 unspecified atom stereocenters. The highest BCUT2D eigenvalue weighted by Gasteiger charge is 2.38. The topological polar surface area (TPSA) is 55.6 Å². The minimum atomic E-state index is -0.180. The van der Waals surface area contributed by atoms with Gasteiger partial charge < -0.3 is 15.4 Å². The SMILES string of the molecule is CC(C(=O)N1CCOCC1(C)C)C1CCCC(N)C1. The van der Waals surface area contributed by atoms with Crippen molar-refractivity contribution in [3.63, 3.8) is 0 Å². The Morgan fingerprint density at radius 3 is 2.79 bits per heavy atom. The fourth-order valence-electron chi connectivity index (χ4n) is 3.44. The van der Waals surface area contributed by atoms with Gasteiger partial charge in [-0.2, -0.15) is 0 Å². The summed E-state index contributed by atoms with van der Waals surface area (Å²) in [7, 11) is 0. The van der Waals surface area contributed by atoms with E-state index < -0.39 is 0 Å². The summed E-state index contributed by atoms with van der Waals surface area (Å²) < 4.78 is 5.49.